The molecule has 0 aliphatic carbocycles. The van der Waals surface area contributed by atoms with E-state index in [0.29, 0.717) is 6.54 Å². The topological polar surface area (TPSA) is 75.5 Å². The van der Waals surface area contributed by atoms with E-state index in [4.69, 9.17) is 11.5 Å². The van der Waals surface area contributed by atoms with Gasteiger partial charge in [0.05, 0.1) is 12.1 Å². The minimum atomic E-state index is -0.444. The molecular formula is C12H19N3O. The summed E-state index contributed by atoms with van der Waals surface area (Å²) in [4.78, 5) is 2.22. The third kappa shape index (κ3) is 2.13. The second kappa shape index (κ2) is 4.72. The van der Waals surface area contributed by atoms with Crippen LogP contribution >= 0.6 is 0 Å². The average molecular weight is 221 g/mol. The van der Waals surface area contributed by atoms with Gasteiger partial charge in [0.15, 0.2) is 0 Å². The van der Waals surface area contributed by atoms with Crippen molar-refractivity contribution in [3.63, 3.8) is 0 Å². The summed E-state index contributed by atoms with van der Waals surface area (Å²) in [6, 6.07) is 7.92. The van der Waals surface area contributed by atoms with Crippen molar-refractivity contribution in [3.05, 3.63) is 24.3 Å². The minimum Gasteiger partial charge on any atom is -0.399 e. The van der Waals surface area contributed by atoms with Gasteiger partial charge in [-0.2, -0.15) is 0 Å². The highest BCUT2D eigenvalue weighted by Gasteiger charge is 2.29. The quantitative estimate of drug-likeness (QED) is 0.652. The van der Waals surface area contributed by atoms with Gasteiger partial charge in [-0.15, -0.1) is 0 Å². The Labute approximate surface area is 95.8 Å². The van der Waals surface area contributed by atoms with Gasteiger partial charge in [0.2, 0.25) is 0 Å². The Morgan fingerprint density at radius 1 is 1.38 bits per heavy atom. The maximum atomic E-state index is 9.85. The number of anilines is 2. The number of hydrogen-bond donors (Lipinski definition) is 3. The van der Waals surface area contributed by atoms with Crippen LogP contribution in [-0.2, 0) is 0 Å². The van der Waals surface area contributed by atoms with Crippen LogP contribution in [0.5, 0.6) is 0 Å². The van der Waals surface area contributed by atoms with Crippen molar-refractivity contribution in [3.8, 4) is 0 Å². The van der Waals surface area contributed by atoms with Gasteiger partial charge >= 0.3 is 0 Å². The molecule has 0 aromatic heterocycles. The second-order valence-corrected chi connectivity index (χ2v) is 4.30. The van der Waals surface area contributed by atoms with E-state index in [-0.39, 0.29) is 6.04 Å². The minimum absolute atomic E-state index is 0.147. The smallest absolute Gasteiger partial charge is 0.0865 e. The lowest BCUT2D eigenvalue weighted by atomic mass is 10.1. The number of nitrogens with zero attached hydrogens (tertiary/aromatic N) is 1. The summed E-state index contributed by atoms with van der Waals surface area (Å²) in [5.41, 5.74) is 13.1. The molecule has 2 atom stereocenters. The maximum Gasteiger partial charge on any atom is 0.0865 e. The van der Waals surface area contributed by atoms with Crippen LogP contribution < -0.4 is 16.4 Å². The van der Waals surface area contributed by atoms with Crippen molar-refractivity contribution in [2.75, 3.05) is 23.7 Å². The van der Waals surface area contributed by atoms with Gasteiger partial charge < -0.3 is 21.5 Å². The lowest BCUT2D eigenvalue weighted by Gasteiger charge is -2.30. The average Bonchev–Trinajstić information content (AvgIpc) is 2.78. The molecule has 4 nitrogen and oxygen atoms in total. The van der Waals surface area contributed by atoms with E-state index in [2.05, 4.69) is 4.90 Å². The normalized spacial score (nSPS) is 22.4. The van der Waals surface area contributed by atoms with Crippen LogP contribution in [0.4, 0.5) is 11.4 Å². The fourth-order valence-corrected chi connectivity index (χ4v) is 2.34. The number of aliphatic hydroxyl groups excluding tert-OH is 1. The van der Waals surface area contributed by atoms with Gasteiger partial charge in [-0.05, 0) is 37.1 Å². The molecule has 5 N–H and O–H groups in total. The molecule has 0 amide bonds. The monoisotopic (exact) mass is 221 g/mol. The van der Waals surface area contributed by atoms with Crippen LogP contribution in [0.3, 0.4) is 0 Å². The molecule has 1 fully saturated rings. The highest BCUT2D eigenvalue weighted by Crippen LogP contribution is 2.27. The molecule has 0 radical (unpaired) electrons. The molecule has 4 heteroatoms. The molecule has 1 saturated heterocycles. The summed E-state index contributed by atoms with van der Waals surface area (Å²) in [5, 5.41) is 9.85. The highest BCUT2D eigenvalue weighted by atomic mass is 16.3. The first-order valence-electron chi connectivity index (χ1n) is 5.72. The maximum absolute atomic E-state index is 9.85. The van der Waals surface area contributed by atoms with E-state index in [1.807, 2.05) is 24.3 Å². The Morgan fingerprint density at radius 2 is 2.06 bits per heavy atom. The van der Waals surface area contributed by atoms with E-state index < -0.39 is 6.10 Å². The molecule has 1 aliphatic heterocycles. The summed E-state index contributed by atoms with van der Waals surface area (Å²) >= 11 is 0. The lowest BCUT2D eigenvalue weighted by molar-refractivity contribution is 0.153. The standard InChI is InChI=1S/C12H19N3O/c13-8-12(16)11-2-1-7-15(11)10-5-3-9(14)4-6-10/h3-6,11-12,16H,1-2,7-8,13-14H2. The van der Waals surface area contributed by atoms with Crippen LogP contribution in [0.2, 0.25) is 0 Å². The fourth-order valence-electron chi connectivity index (χ4n) is 2.34. The van der Waals surface area contributed by atoms with Crippen molar-refractivity contribution >= 4 is 11.4 Å². The first-order valence-corrected chi connectivity index (χ1v) is 5.72. The Kier molecular flexibility index (Phi) is 3.31. The molecule has 88 valence electrons. The SMILES string of the molecule is NCC(O)C1CCCN1c1ccc(N)cc1. The first kappa shape index (κ1) is 11.2. The predicted octanol–water partition coefficient (Wildman–Crippen LogP) is 0.557. The Balaban J connectivity index is 2.16. The molecule has 0 bridgehead atoms. The molecule has 0 saturated carbocycles. The Morgan fingerprint density at radius 3 is 2.69 bits per heavy atom. The summed E-state index contributed by atoms with van der Waals surface area (Å²) in [6.07, 6.45) is 1.66. The van der Waals surface area contributed by atoms with Crippen LogP contribution in [0.1, 0.15) is 12.8 Å². The molecule has 1 aliphatic rings. The molecule has 1 aromatic rings. The van der Waals surface area contributed by atoms with Gasteiger partial charge in [-0.25, -0.2) is 0 Å². The highest BCUT2D eigenvalue weighted by molar-refractivity contribution is 5.54. The Hall–Kier alpha value is -1.26. The van der Waals surface area contributed by atoms with E-state index in [1.165, 1.54) is 0 Å². The van der Waals surface area contributed by atoms with Crippen molar-refractivity contribution in [1.29, 1.82) is 0 Å². The first-order chi connectivity index (χ1) is 7.72. The third-order valence-corrected chi connectivity index (χ3v) is 3.21. The summed E-state index contributed by atoms with van der Waals surface area (Å²) in [6.45, 7) is 1.29. The summed E-state index contributed by atoms with van der Waals surface area (Å²) < 4.78 is 0. The molecule has 16 heavy (non-hydrogen) atoms. The molecule has 2 unspecified atom stereocenters. The molecule has 1 aromatic carbocycles. The number of hydrogen-bond acceptors (Lipinski definition) is 4. The zero-order valence-electron chi connectivity index (χ0n) is 9.34. The van der Waals surface area contributed by atoms with Crippen LogP contribution in [0.15, 0.2) is 24.3 Å². The summed E-state index contributed by atoms with van der Waals surface area (Å²) in [7, 11) is 0. The van der Waals surface area contributed by atoms with Crippen LogP contribution in [0, 0.1) is 0 Å². The third-order valence-electron chi connectivity index (χ3n) is 3.21. The number of aliphatic hydroxyl groups is 1. The van der Waals surface area contributed by atoms with Crippen LogP contribution in [-0.4, -0.2) is 30.3 Å². The van der Waals surface area contributed by atoms with Crippen molar-refractivity contribution in [2.24, 2.45) is 5.73 Å². The van der Waals surface area contributed by atoms with E-state index in [9.17, 15) is 5.11 Å². The van der Waals surface area contributed by atoms with E-state index in [0.717, 1.165) is 30.8 Å². The second-order valence-electron chi connectivity index (χ2n) is 4.30. The van der Waals surface area contributed by atoms with Gasteiger partial charge in [-0.1, -0.05) is 0 Å². The van der Waals surface area contributed by atoms with E-state index >= 15 is 0 Å². The lowest BCUT2D eigenvalue weighted by Crippen LogP contribution is -2.42. The van der Waals surface area contributed by atoms with Crippen molar-refractivity contribution < 1.29 is 5.11 Å². The Bertz CT molecular complexity index is 339. The molecular weight excluding hydrogens is 202 g/mol. The zero-order chi connectivity index (χ0) is 11.5. The number of nitrogen functional groups attached to an aromatic ring is 1. The fraction of sp³-hybridized carbons (Fsp3) is 0.500. The molecule has 2 rings (SSSR count). The van der Waals surface area contributed by atoms with Gasteiger partial charge in [0.25, 0.3) is 0 Å². The van der Waals surface area contributed by atoms with Gasteiger partial charge in [0, 0.05) is 24.5 Å². The van der Waals surface area contributed by atoms with E-state index in [1.54, 1.807) is 0 Å². The van der Waals surface area contributed by atoms with Gasteiger partial charge in [-0.3, -0.25) is 0 Å². The van der Waals surface area contributed by atoms with Crippen molar-refractivity contribution in [1.82, 2.24) is 0 Å². The predicted molar refractivity (Wildman–Crippen MR) is 66.3 cm³/mol. The number of rotatable bonds is 3. The van der Waals surface area contributed by atoms with Gasteiger partial charge in [0.1, 0.15) is 0 Å². The largest absolute Gasteiger partial charge is 0.399 e. The van der Waals surface area contributed by atoms with Crippen molar-refractivity contribution in [2.45, 2.75) is 25.0 Å². The number of benzene rings is 1. The molecule has 1 heterocycles. The van der Waals surface area contributed by atoms with Crippen LogP contribution in [0.25, 0.3) is 0 Å². The molecule has 0 spiro atoms. The summed E-state index contributed by atoms with van der Waals surface area (Å²) in [5.74, 6) is 0. The number of nitrogens with two attached hydrogens (primary N) is 2. The zero-order valence-corrected chi connectivity index (χ0v) is 9.34.